The van der Waals surface area contributed by atoms with E-state index >= 15 is 0 Å². The lowest BCUT2D eigenvalue weighted by Gasteiger charge is -2.60. The summed E-state index contributed by atoms with van der Waals surface area (Å²) in [4.78, 5) is 25.8. The Morgan fingerprint density at radius 3 is 2.44 bits per heavy atom. The van der Waals surface area contributed by atoms with E-state index in [1.54, 1.807) is 36.6 Å². The summed E-state index contributed by atoms with van der Waals surface area (Å²) in [6.07, 6.45) is 2.22. The van der Waals surface area contributed by atoms with Gasteiger partial charge < -0.3 is 34.2 Å². The van der Waals surface area contributed by atoms with Crippen molar-refractivity contribution in [3.05, 3.63) is 42.4 Å². The van der Waals surface area contributed by atoms with Gasteiger partial charge in [-0.1, -0.05) is 13.8 Å². The minimum atomic E-state index is -0.751. The van der Waals surface area contributed by atoms with E-state index in [1.807, 2.05) is 6.92 Å². The number of benzene rings is 1. The molecule has 1 aromatic heterocycles. The highest BCUT2D eigenvalue weighted by atomic mass is 16.6. The van der Waals surface area contributed by atoms with E-state index in [9.17, 15) is 19.8 Å². The third kappa shape index (κ3) is 6.01. The van der Waals surface area contributed by atoms with E-state index < -0.39 is 29.1 Å². The summed E-state index contributed by atoms with van der Waals surface area (Å²) in [5.74, 6) is 1.20. The van der Waals surface area contributed by atoms with Crippen LogP contribution in [-0.4, -0.2) is 55.2 Å². The van der Waals surface area contributed by atoms with Crippen LogP contribution in [0.15, 0.2) is 41.0 Å². The van der Waals surface area contributed by atoms with Crippen LogP contribution in [0.1, 0.15) is 51.7 Å². The van der Waals surface area contributed by atoms with Crippen molar-refractivity contribution in [2.75, 3.05) is 26.1 Å². The first-order valence-corrected chi connectivity index (χ1v) is 13.4. The molecule has 2 aliphatic rings. The zero-order valence-electron chi connectivity index (χ0n) is 23.1. The summed E-state index contributed by atoms with van der Waals surface area (Å²) in [5.41, 5.74) is -0.711. The van der Waals surface area contributed by atoms with Gasteiger partial charge in [-0.2, -0.15) is 0 Å². The van der Waals surface area contributed by atoms with Gasteiger partial charge in [-0.25, -0.2) is 4.79 Å². The lowest BCUT2D eigenvalue weighted by Crippen LogP contribution is -2.61. The van der Waals surface area contributed by atoms with E-state index in [4.69, 9.17) is 18.6 Å². The van der Waals surface area contributed by atoms with Crippen LogP contribution in [0.4, 0.5) is 10.5 Å². The lowest BCUT2D eigenvalue weighted by molar-refractivity contribution is -0.185. The molecule has 2 aromatic rings. The Morgan fingerprint density at radius 1 is 1.10 bits per heavy atom. The first-order valence-electron chi connectivity index (χ1n) is 13.4. The van der Waals surface area contributed by atoms with Crippen LogP contribution in [0.2, 0.25) is 0 Å². The number of hydrogen-bond acceptors (Lipinski definition) is 8. The summed E-state index contributed by atoms with van der Waals surface area (Å²) >= 11 is 0. The maximum Gasteiger partial charge on any atom is 0.411 e. The molecule has 214 valence electrons. The van der Waals surface area contributed by atoms with Gasteiger partial charge in [0, 0.05) is 30.0 Å². The molecule has 2 fully saturated rings. The molecule has 10 heteroatoms. The van der Waals surface area contributed by atoms with Gasteiger partial charge in [-0.05, 0) is 55.1 Å². The largest absolute Gasteiger partial charge is 0.497 e. The van der Waals surface area contributed by atoms with Crippen molar-refractivity contribution in [3.63, 3.8) is 0 Å². The molecular formula is C29H40N2O8. The van der Waals surface area contributed by atoms with Crippen molar-refractivity contribution in [2.45, 2.75) is 64.7 Å². The second-order valence-electron chi connectivity index (χ2n) is 11.2. The van der Waals surface area contributed by atoms with E-state index in [0.717, 1.165) is 0 Å². The van der Waals surface area contributed by atoms with Crippen molar-refractivity contribution in [3.8, 4) is 11.5 Å². The van der Waals surface area contributed by atoms with Crippen LogP contribution >= 0.6 is 0 Å². The summed E-state index contributed by atoms with van der Waals surface area (Å²) in [5, 5.41) is 27.3. The number of nitrogens with one attached hydrogen (secondary N) is 2. The number of hydrogen-bond donors (Lipinski definition) is 4. The fraction of sp³-hybridized carbons (Fsp3) is 0.586. The van der Waals surface area contributed by atoms with E-state index in [1.165, 1.54) is 14.2 Å². The van der Waals surface area contributed by atoms with Crippen molar-refractivity contribution < 1.29 is 38.4 Å². The van der Waals surface area contributed by atoms with Crippen LogP contribution in [0.5, 0.6) is 11.5 Å². The molecule has 10 nitrogen and oxygen atoms in total. The smallest absolute Gasteiger partial charge is 0.411 e. The predicted octanol–water partition coefficient (Wildman–Crippen LogP) is 4.11. The number of ether oxygens (including phenoxy) is 3. The fourth-order valence-corrected chi connectivity index (χ4v) is 6.81. The first kappa shape index (κ1) is 28.8. The molecule has 4 rings (SSSR count). The van der Waals surface area contributed by atoms with E-state index in [-0.39, 0.29) is 37.3 Å². The Kier molecular flexibility index (Phi) is 8.76. The molecule has 2 amide bonds. The van der Waals surface area contributed by atoms with Crippen LogP contribution in [0.25, 0.3) is 0 Å². The SMILES string of the molecule is COc1cc(NC(=O)O[C@@H]2CC[C@]3(C)[C@H](CC[C@@H](O)[C@H]3CC(=O)NCc3ccco3)[C@]2(C)CO)cc(OC)c1. The Bertz CT molecular complexity index is 1120. The molecule has 2 saturated carbocycles. The zero-order chi connectivity index (χ0) is 28.2. The molecule has 1 heterocycles. The maximum absolute atomic E-state index is 13.0. The second kappa shape index (κ2) is 11.9. The number of rotatable bonds is 9. The lowest BCUT2D eigenvalue weighted by atomic mass is 9.46. The van der Waals surface area contributed by atoms with Gasteiger partial charge in [0.05, 0.1) is 45.4 Å². The molecule has 1 aromatic carbocycles. The molecule has 6 atom stereocenters. The minimum absolute atomic E-state index is 0.0651. The topological polar surface area (TPSA) is 139 Å². The van der Waals surface area contributed by atoms with Gasteiger partial charge >= 0.3 is 6.09 Å². The molecule has 0 unspecified atom stereocenters. The third-order valence-electron chi connectivity index (χ3n) is 8.97. The standard InChI is InChI=1S/C29H40N2O8/c1-28-10-9-25(39-27(35)31-18-12-20(36-3)14-21(13-18)37-4)29(2,17-32)24(28)8-7-23(33)22(28)15-26(34)30-16-19-6-5-11-38-19/h5-6,11-14,22-25,32-33H,7-10,15-17H2,1-4H3,(H,30,34)(H,31,35)/t22-,23-,24+,25-,28+,29+/m1/s1. The fourth-order valence-electron chi connectivity index (χ4n) is 6.81. The monoisotopic (exact) mass is 544 g/mol. The predicted molar refractivity (Wildman–Crippen MR) is 143 cm³/mol. The normalized spacial score (nSPS) is 30.1. The van der Waals surface area contributed by atoms with Gasteiger partial charge in [0.25, 0.3) is 0 Å². The molecule has 0 aliphatic heterocycles. The third-order valence-corrected chi connectivity index (χ3v) is 8.97. The quantitative estimate of drug-likeness (QED) is 0.370. The number of carbonyl (C=O) groups is 2. The van der Waals surface area contributed by atoms with E-state index in [2.05, 4.69) is 17.6 Å². The number of methoxy groups -OCH3 is 2. The van der Waals surface area contributed by atoms with Gasteiger partial charge in [0.15, 0.2) is 0 Å². The average molecular weight is 545 g/mol. The number of amides is 2. The average Bonchev–Trinajstić information content (AvgIpc) is 3.45. The van der Waals surface area contributed by atoms with Crippen molar-refractivity contribution in [1.82, 2.24) is 5.32 Å². The van der Waals surface area contributed by atoms with Crippen LogP contribution in [0.3, 0.4) is 0 Å². The molecular weight excluding hydrogens is 504 g/mol. The Hall–Kier alpha value is -3.24. The van der Waals surface area contributed by atoms with Crippen molar-refractivity contribution in [1.29, 1.82) is 0 Å². The van der Waals surface area contributed by atoms with Gasteiger partial charge in [-0.3, -0.25) is 10.1 Å². The number of furan rings is 1. The van der Waals surface area contributed by atoms with Gasteiger partial charge in [0.2, 0.25) is 5.91 Å². The number of aliphatic hydroxyl groups is 2. The number of aliphatic hydroxyl groups excluding tert-OH is 2. The summed E-state index contributed by atoms with van der Waals surface area (Å²) in [6.45, 7) is 4.13. The van der Waals surface area contributed by atoms with Crippen molar-refractivity contribution >= 4 is 17.7 Å². The molecule has 39 heavy (non-hydrogen) atoms. The Morgan fingerprint density at radius 2 is 1.82 bits per heavy atom. The van der Waals surface area contributed by atoms with Crippen LogP contribution < -0.4 is 20.1 Å². The number of fused-ring (bicyclic) bond motifs is 1. The minimum Gasteiger partial charge on any atom is -0.497 e. The second-order valence-corrected chi connectivity index (χ2v) is 11.2. The number of carbonyl (C=O) groups excluding carboxylic acids is 2. The van der Waals surface area contributed by atoms with Crippen LogP contribution in [0, 0.1) is 22.7 Å². The van der Waals surface area contributed by atoms with Crippen molar-refractivity contribution in [2.24, 2.45) is 22.7 Å². The van der Waals surface area contributed by atoms with Gasteiger partial charge in [0.1, 0.15) is 23.4 Å². The van der Waals surface area contributed by atoms with E-state index in [0.29, 0.717) is 48.6 Å². The molecule has 0 saturated heterocycles. The summed E-state index contributed by atoms with van der Waals surface area (Å²) < 4.78 is 21.8. The molecule has 4 N–H and O–H groups in total. The first-order chi connectivity index (χ1) is 18.6. The molecule has 0 radical (unpaired) electrons. The number of anilines is 1. The Labute approximate surface area is 229 Å². The highest BCUT2D eigenvalue weighted by Gasteiger charge is 2.60. The highest BCUT2D eigenvalue weighted by Crippen LogP contribution is 2.61. The highest BCUT2D eigenvalue weighted by molar-refractivity contribution is 5.85. The summed E-state index contributed by atoms with van der Waals surface area (Å²) in [7, 11) is 3.05. The zero-order valence-corrected chi connectivity index (χ0v) is 23.1. The molecule has 0 bridgehead atoms. The molecule has 2 aliphatic carbocycles. The van der Waals surface area contributed by atoms with Crippen LogP contribution in [-0.2, 0) is 16.1 Å². The maximum atomic E-state index is 13.0. The summed E-state index contributed by atoms with van der Waals surface area (Å²) in [6, 6.07) is 8.59. The van der Waals surface area contributed by atoms with Gasteiger partial charge in [-0.15, -0.1) is 0 Å². The Balaban J connectivity index is 1.46. The molecule has 0 spiro atoms.